The van der Waals surface area contributed by atoms with Crippen LogP contribution in [0.4, 0.5) is 0 Å². The molecule has 0 aromatic heterocycles. The zero-order valence-corrected chi connectivity index (χ0v) is 7.04. The molecule has 0 unspecified atom stereocenters. The fourth-order valence-corrected chi connectivity index (χ4v) is 1.07. The Hall–Kier alpha value is -0.980. The minimum Gasteiger partial charge on any atom is -0.508 e. The Bertz CT molecular complexity index is 230. The first kappa shape index (κ1) is 8.12. The van der Waals surface area contributed by atoms with Gasteiger partial charge in [0.25, 0.3) is 0 Å². The summed E-state index contributed by atoms with van der Waals surface area (Å²) in [5, 5.41) is 9.16. The van der Waals surface area contributed by atoms with Gasteiger partial charge in [0.1, 0.15) is 5.75 Å². The first-order valence-corrected chi connectivity index (χ1v) is 4.03. The molecule has 1 aromatic carbocycles. The Morgan fingerprint density at radius 2 is 2.18 bits per heavy atom. The number of benzene rings is 1. The van der Waals surface area contributed by atoms with Crippen molar-refractivity contribution in [1.29, 1.82) is 0 Å². The van der Waals surface area contributed by atoms with E-state index in [1.807, 2.05) is 18.2 Å². The largest absolute Gasteiger partial charge is 0.508 e. The van der Waals surface area contributed by atoms with E-state index < -0.39 is 0 Å². The van der Waals surface area contributed by atoms with Crippen molar-refractivity contribution in [2.75, 3.05) is 0 Å². The van der Waals surface area contributed by atoms with Crippen LogP contribution in [0.25, 0.3) is 0 Å². The summed E-state index contributed by atoms with van der Waals surface area (Å²) in [5.74, 6) is 0.907. The molecule has 1 nitrogen and oxygen atoms in total. The minimum absolute atomic E-state index is 0.364. The summed E-state index contributed by atoms with van der Waals surface area (Å²) in [5.41, 5.74) is 1.22. The molecule has 0 spiro atoms. The van der Waals surface area contributed by atoms with E-state index in [1.54, 1.807) is 6.07 Å². The average molecular weight is 150 g/mol. The van der Waals surface area contributed by atoms with Crippen molar-refractivity contribution in [1.82, 2.24) is 0 Å². The van der Waals surface area contributed by atoms with Gasteiger partial charge in [-0.05, 0) is 30.0 Å². The lowest BCUT2D eigenvalue weighted by molar-refractivity contribution is 0.473. The van der Waals surface area contributed by atoms with Crippen molar-refractivity contribution in [3.63, 3.8) is 0 Å². The minimum atomic E-state index is 0.364. The number of aromatic hydroxyl groups is 1. The molecule has 0 aliphatic rings. The molecule has 1 atom stereocenters. The van der Waals surface area contributed by atoms with Crippen LogP contribution in [0, 0.1) is 0 Å². The summed E-state index contributed by atoms with van der Waals surface area (Å²) in [7, 11) is 0. The van der Waals surface area contributed by atoms with Gasteiger partial charge in [-0.3, -0.25) is 0 Å². The molecule has 0 heterocycles. The van der Waals surface area contributed by atoms with Crippen LogP contribution >= 0.6 is 0 Å². The maximum Gasteiger partial charge on any atom is 0.115 e. The zero-order valence-electron chi connectivity index (χ0n) is 7.04. The fraction of sp³-hybridized carbons (Fsp3) is 0.400. The standard InChI is InChI=1S/C10H14O/c1-3-8(2)9-5-4-6-10(11)7-9/h4-8,11H,3H2,1-2H3/t8-/m0/s1. The quantitative estimate of drug-likeness (QED) is 0.687. The first-order chi connectivity index (χ1) is 5.24. The summed E-state index contributed by atoms with van der Waals surface area (Å²) in [6.45, 7) is 4.31. The molecule has 1 aromatic rings. The van der Waals surface area contributed by atoms with E-state index in [2.05, 4.69) is 13.8 Å². The maximum absolute atomic E-state index is 9.16. The second-order valence-electron chi connectivity index (χ2n) is 2.90. The van der Waals surface area contributed by atoms with E-state index in [4.69, 9.17) is 5.11 Å². The van der Waals surface area contributed by atoms with Crippen LogP contribution in [-0.2, 0) is 0 Å². The van der Waals surface area contributed by atoms with Gasteiger partial charge in [-0.25, -0.2) is 0 Å². The number of hydrogen-bond acceptors (Lipinski definition) is 1. The summed E-state index contributed by atoms with van der Waals surface area (Å²) < 4.78 is 0. The van der Waals surface area contributed by atoms with Gasteiger partial charge in [0.2, 0.25) is 0 Å². The van der Waals surface area contributed by atoms with Gasteiger partial charge in [0, 0.05) is 0 Å². The van der Waals surface area contributed by atoms with Crippen molar-refractivity contribution in [2.45, 2.75) is 26.2 Å². The van der Waals surface area contributed by atoms with Crippen molar-refractivity contribution in [2.24, 2.45) is 0 Å². The van der Waals surface area contributed by atoms with Crippen molar-refractivity contribution < 1.29 is 5.11 Å². The fourth-order valence-electron chi connectivity index (χ4n) is 1.07. The van der Waals surface area contributed by atoms with Crippen LogP contribution in [0.5, 0.6) is 5.75 Å². The zero-order chi connectivity index (χ0) is 8.27. The topological polar surface area (TPSA) is 20.2 Å². The van der Waals surface area contributed by atoms with Crippen LogP contribution in [-0.4, -0.2) is 5.11 Å². The first-order valence-electron chi connectivity index (χ1n) is 4.03. The van der Waals surface area contributed by atoms with Gasteiger partial charge in [0.15, 0.2) is 0 Å². The second-order valence-corrected chi connectivity index (χ2v) is 2.90. The van der Waals surface area contributed by atoms with Crippen molar-refractivity contribution in [3.05, 3.63) is 29.8 Å². The molecule has 0 fully saturated rings. The molecule has 0 radical (unpaired) electrons. The van der Waals surface area contributed by atoms with E-state index in [0.29, 0.717) is 11.7 Å². The van der Waals surface area contributed by atoms with Crippen LogP contribution < -0.4 is 0 Å². The highest BCUT2D eigenvalue weighted by Crippen LogP contribution is 2.21. The predicted octanol–water partition coefficient (Wildman–Crippen LogP) is 2.91. The summed E-state index contributed by atoms with van der Waals surface area (Å²) in [6.07, 6.45) is 1.11. The van der Waals surface area contributed by atoms with Gasteiger partial charge in [-0.15, -0.1) is 0 Å². The average Bonchev–Trinajstić information content (AvgIpc) is 2.03. The Kier molecular flexibility index (Phi) is 2.53. The smallest absolute Gasteiger partial charge is 0.115 e. The monoisotopic (exact) mass is 150 g/mol. The van der Waals surface area contributed by atoms with Gasteiger partial charge in [0.05, 0.1) is 0 Å². The molecule has 1 rings (SSSR count). The lowest BCUT2D eigenvalue weighted by atomic mass is 9.99. The van der Waals surface area contributed by atoms with E-state index >= 15 is 0 Å². The Balaban J connectivity index is 2.86. The lowest BCUT2D eigenvalue weighted by Gasteiger charge is -2.07. The molecule has 0 bridgehead atoms. The van der Waals surface area contributed by atoms with Crippen LogP contribution in [0.15, 0.2) is 24.3 Å². The van der Waals surface area contributed by atoms with Gasteiger partial charge >= 0.3 is 0 Å². The van der Waals surface area contributed by atoms with E-state index in [0.717, 1.165) is 6.42 Å². The Morgan fingerprint density at radius 3 is 2.73 bits per heavy atom. The summed E-state index contributed by atoms with van der Waals surface area (Å²) >= 11 is 0. The molecule has 1 heteroatoms. The molecule has 0 aliphatic heterocycles. The van der Waals surface area contributed by atoms with Gasteiger partial charge in [-0.1, -0.05) is 26.0 Å². The van der Waals surface area contributed by atoms with E-state index in [-0.39, 0.29) is 0 Å². The lowest BCUT2D eigenvalue weighted by Crippen LogP contribution is -1.89. The Labute approximate surface area is 67.7 Å². The van der Waals surface area contributed by atoms with E-state index in [9.17, 15) is 0 Å². The molecule has 0 aliphatic carbocycles. The highest BCUT2D eigenvalue weighted by Gasteiger charge is 2.01. The maximum atomic E-state index is 9.16. The third-order valence-corrected chi connectivity index (χ3v) is 2.05. The summed E-state index contributed by atoms with van der Waals surface area (Å²) in [4.78, 5) is 0. The van der Waals surface area contributed by atoms with Crippen LogP contribution in [0.2, 0.25) is 0 Å². The Morgan fingerprint density at radius 1 is 1.45 bits per heavy atom. The molecule has 11 heavy (non-hydrogen) atoms. The number of phenolic OH excluding ortho intramolecular Hbond substituents is 1. The highest BCUT2D eigenvalue weighted by atomic mass is 16.3. The number of rotatable bonds is 2. The SMILES string of the molecule is CC[C@H](C)c1cccc(O)c1. The number of phenols is 1. The molecular weight excluding hydrogens is 136 g/mol. The van der Waals surface area contributed by atoms with Crippen LogP contribution in [0.3, 0.4) is 0 Å². The van der Waals surface area contributed by atoms with Crippen molar-refractivity contribution in [3.8, 4) is 5.75 Å². The molecule has 0 saturated heterocycles. The van der Waals surface area contributed by atoms with Gasteiger partial charge in [-0.2, -0.15) is 0 Å². The molecule has 0 saturated carbocycles. The second kappa shape index (κ2) is 3.42. The molecule has 60 valence electrons. The third kappa shape index (κ3) is 1.97. The molecule has 1 N–H and O–H groups in total. The van der Waals surface area contributed by atoms with Crippen LogP contribution in [0.1, 0.15) is 31.7 Å². The molecular formula is C10H14O. The third-order valence-electron chi connectivity index (χ3n) is 2.05. The van der Waals surface area contributed by atoms with Gasteiger partial charge < -0.3 is 5.11 Å². The predicted molar refractivity (Wildman–Crippen MR) is 46.8 cm³/mol. The summed E-state index contributed by atoms with van der Waals surface area (Å²) in [6, 6.07) is 7.46. The van der Waals surface area contributed by atoms with E-state index in [1.165, 1.54) is 5.56 Å². The highest BCUT2D eigenvalue weighted by molar-refractivity contribution is 5.29. The molecule has 0 amide bonds. The normalized spacial score (nSPS) is 12.9. The number of hydrogen-bond donors (Lipinski definition) is 1. The van der Waals surface area contributed by atoms with Crippen molar-refractivity contribution >= 4 is 0 Å².